The van der Waals surface area contributed by atoms with E-state index in [1.165, 1.54) is 0 Å². The molecule has 32 heavy (non-hydrogen) atoms. The van der Waals surface area contributed by atoms with Crippen LogP contribution in [0.25, 0.3) is 33.2 Å². The Morgan fingerprint density at radius 2 is 1.84 bits per heavy atom. The first-order valence-electron chi connectivity index (χ1n) is 9.86. The molecule has 5 aromatic rings. The van der Waals surface area contributed by atoms with Gasteiger partial charge in [-0.05, 0) is 63.1 Å². The first-order valence-corrected chi connectivity index (χ1v) is 11.0. The molecular formula is C25H17BrClN3O2. The van der Waals surface area contributed by atoms with Crippen LogP contribution in [0.3, 0.4) is 0 Å². The number of amides is 1. The Kier molecular flexibility index (Phi) is 5.33. The van der Waals surface area contributed by atoms with Crippen molar-refractivity contribution < 1.29 is 9.53 Å². The van der Waals surface area contributed by atoms with Crippen LogP contribution in [-0.2, 0) is 0 Å². The Morgan fingerprint density at radius 1 is 1.06 bits per heavy atom. The number of hydrogen-bond donors (Lipinski definition) is 2. The summed E-state index contributed by atoms with van der Waals surface area (Å²) in [7, 11) is 1.55. The molecule has 7 heteroatoms. The van der Waals surface area contributed by atoms with Gasteiger partial charge >= 0.3 is 0 Å². The molecule has 4 aromatic carbocycles. The highest BCUT2D eigenvalue weighted by Gasteiger charge is 2.19. The maximum atomic E-state index is 13.2. The number of para-hydroxylation sites is 2. The van der Waals surface area contributed by atoms with Gasteiger partial charge in [0.05, 0.1) is 33.2 Å². The third-order valence-corrected chi connectivity index (χ3v) is 6.38. The van der Waals surface area contributed by atoms with E-state index in [4.69, 9.17) is 16.3 Å². The lowest BCUT2D eigenvalue weighted by Crippen LogP contribution is -2.13. The number of carbonyl (C=O) groups excluding carboxylic acids is 1. The van der Waals surface area contributed by atoms with Gasteiger partial charge in [0.2, 0.25) is 0 Å². The summed E-state index contributed by atoms with van der Waals surface area (Å²) in [5, 5.41) is 5.40. The van der Waals surface area contributed by atoms with Crippen molar-refractivity contribution in [2.75, 3.05) is 12.4 Å². The SMILES string of the molecule is COc1c(C(=O)Nc2ccc(Cl)c(-c3nc4ccccc4[nH]3)c2)cc2ccccc2c1Br. The number of aromatic amines is 1. The van der Waals surface area contributed by atoms with Crippen LogP contribution in [0.4, 0.5) is 5.69 Å². The smallest absolute Gasteiger partial charge is 0.259 e. The van der Waals surface area contributed by atoms with E-state index in [-0.39, 0.29) is 5.91 Å². The van der Waals surface area contributed by atoms with Gasteiger partial charge in [-0.2, -0.15) is 0 Å². The Bertz CT molecular complexity index is 1460. The zero-order chi connectivity index (χ0) is 22.2. The van der Waals surface area contributed by atoms with Crippen molar-refractivity contribution in [2.45, 2.75) is 0 Å². The number of nitrogens with zero attached hydrogens (tertiary/aromatic N) is 1. The summed E-state index contributed by atoms with van der Waals surface area (Å²) >= 11 is 10.0. The minimum Gasteiger partial charge on any atom is -0.495 e. The zero-order valence-electron chi connectivity index (χ0n) is 16.9. The highest BCUT2D eigenvalue weighted by Crippen LogP contribution is 2.37. The molecule has 0 unspecified atom stereocenters. The number of aromatic nitrogens is 2. The summed E-state index contributed by atoms with van der Waals surface area (Å²) in [6.07, 6.45) is 0. The van der Waals surface area contributed by atoms with Crippen molar-refractivity contribution in [3.8, 4) is 17.1 Å². The number of halogens is 2. The number of fused-ring (bicyclic) bond motifs is 2. The first kappa shape index (κ1) is 20.5. The van der Waals surface area contributed by atoms with E-state index < -0.39 is 0 Å². The molecule has 5 nitrogen and oxygen atoms in total. The van der Waals surface area contributed by atoms with E-state index in [2.05, 4.69) is 31.2 Å². The summed E-state index contributed by atoms with van der Waals surface area (Å²) in [4.78, 5) is 21.1. The van der Waals surface area contributed by atoms with Gasteiger partial charge in [-0.15, -0.1) is 0 Å². The Hall–Kier alpha value is -3.35. The second-order valence-corrected chi connectivity index (χ2v) is 8.44. The normalized spacial score (nSPS) is 11.1. The number of methoxy groups -OCH3 is 1. The topological polar surface area (TPSA) is 67.0 Å². The summed E-state index contributed by atoms with van der Waals surface area (Å²) in [6.45, 7) is 0. The second-order valence-electron chi connectivity index (χ2n) is 7.24. The number of H-pyrrole nitrogens is 1. The summed E-state index contributed by atoms with van der Waals surface area (Å²) < 4.78 is 6.28. The zero-order valence-corrected chi connectivity index (χ0v) is 19.3. The fourth-order valence-corrected chi connectivity index (χ4v) is 4.66. The highest BCUT2D eigenvalue weighted by atomic mass is 79.9. The van der Waals surface area contributed by atoms with Crippen molar-refractivity contribution in [3.05, 3.63) is 87.9 Å². The number of nitrogens with one attached hydrogen (secondary N) is 2. The standard InChI is InChI=1S/C25H17BrClN3O2/c1-32-23-18(12-14-6-2-3-7-16(14)22(23)26)25(31)28-15-10-11-19(27)17(13-15)24-29-20-8-4-5-9-21(20)30-24/h2-13H,1H3,(H,28,31)(H,29,30). The summed E-state index contributed by atoms with van der Waals surface area (Å²) in [5.74, 6) is 0.831. The maximum absolute atomic E-state index is 13.2. The predicted molar refractivity (Wildman–Crippen MR) is 133 cm³/mol. The van der Waals surface area contributed by atoms with E-state index in [0.29, 0.717) is 33.4 Å². The lowest BCUT2D eigenvalue weighted by molar-refractivity contribution is 0.102. The molecule has 0 saturated heterocycles. The molecule has 0 aliphatic carbocycles. The molecule has 0 fully saturated rings. The Morgan fingerprint density at radius 3 is 2.66 bits per heavy atom. The molecule has 0 radical (unpaired) electrons. The van der Waals surface area contributed by atoms with Gasteiger partial charge in [0.1, 0.15) is 11.6 Å². The van der Waals surface area contributed by atoms with Crippen molar-refractivity contribution in [3.63, 3.8) is 0 Å². The van der Waals surface area contributed by atoms with Crippen molar-refractivity contribution in [1.29, 1.82) is 0 Å². The van der Waals surface area contributed by atoms with Crippen LogP contribution in [0.2, 0.25) is 5.02 Å². The molecule has 0 spiro atoms. The monoisotopic (exact) mass is 505 g/mol. The molecule has 5 rings (SSSR count). The van der Waals surface area contributed by atoms with Crippen LogP contribution in [0.1, 0.15) is 10.4 Å². The Labute approximate surface area is 197 Å². The largest absolute Gasteiger partial charge is 0.495 e. The van der Waals surface area contributed by atoms with Crippen LogP contribution in [-0.4, -0.2) is 23.0 Å². The van der Waals surface area contributed by atoms with Crippen LogP contribution >= 0.6 is 27.5 Å². The number of hydrogen-bond acceptors (Lipinski definition) is 3. The van der Waals surface area contributed by atoms with E-state index in [1.807, 2.05) is 54.6 Å². The van der Waals surface area contributed by atoms with Crippen LogP contribution in [0, 0.1) is 0 Å². The number of imidazole rings is 1. The minimum absolute atomic E-state index is 0.286. The fourth-order valence-electron chi connectivity index (χ4n) is 3.72. The van der Waals surface area contributed by atoms with Crippen molar-refractivity contribution in [2.24, 2.45) is 0 Å². The van der Waals surface area contributed by atoms with Gasteiger partial charge in [-0.3, -0.25) is 4.79 Å². The van der Waals surface area contributed by atoms with Crippen LogP contribution in [0.15, 0.2) is 77.3 Å². The number of benzene rings is 4. The molecule has 0 atom stereocenters. The highest BCUT2D eigenvalue weighted by molar-refractivity contribution is 9.10. The number of carbonyl (C=O) groups is 1. The number of anilines is 1. The van der Waals surface area contributed by atoms with Crippen LogP contribution in [0.5, 0.6) is 5.75 Å². The molecule has 0 saturated carbocycles. The molecule has 0 aliphatic heterocycles. The van der Waals surface area contributed by atoms with Gasteiger partial charge < -0.3 is 15.0 Å². The minimum atomic E-state index is -0.286. The molecule has 1 aromatic heterocycles. The summed E-state index contributed by atoms with van der Waals surface area (Å²) in [6, 6.07) is 22.7. The maximum Gasteiger partial charge on any atom is 0.259 e. The number of ether oxygens (including phenoxy) is 1. The van der Waals surface area contributed by atoms with Crippen molar-refractivity contribution >= 4 is 60.9 Å². The lowest BCUT2D eigenvalue weighted by Gasteiger charge is -2.14. The quantitative estimate of drug-likeness (QED) is 0.274. The molecule has 1 amide bonds. The molecule has 1 heterocycles. The van der Waals surface area contributed by atoms with E-state index in [9.17, 15) is 4.79 Å². The fraction of sp³-hybridized carbons (Fsp3) is 0.0400. The molecule has 2 N–H and O–H groups in total. The van der Waals surface area contributed by atoms with Gasteiger partial charge in [0.25, 0.3) is 5.91 Å². The molecular weight excluding hydrogens is 490 g/mol. The second kappa shape index (κ2) is 8.30. The third-order valence-electron chi connectivity index (χ3n) is 5.26. The predicted octanol–water partition coefficient (Wildman–Crippen LogP) is 7.06. The molecule has 0 bridgehead atoms. The molecule has 0 aliphatic rings. The van der Waals surface area contributed by atoms with Crippen molar-refractivity contribution in [1.82, 2.24) is 9.97 Å². The van der Waals surface area contributed by atoms with Gasteiger partial charge in [0, 0.05) is 11.3 Å². The van der Waals surface area contributed by atoms with E-state index in [1.54, 1.807) is 25.3 Å². The van der Waals surface area contributed by atoms with Gasteiger partial charge in [-0.1, -0.05) is 48.0 Å². The Balaban J connectivity index is 1.52. The third kappa shape index (κ3) is 3.61. The van der Waals surface area contributed by atoms with Gasteiger partial charge in [-0.25, -0.2) is 4.98 Å². The summed E-state index contributed by atoms with van der Waals surface area (Å²) in [5.41, 5.74) is 3.49. The molecule has 158 valence electrons. The average molecular weight is 507 g/mol. The average Bonchev–Trinajstić information content (AvgIpc) is 3.24. The van der Waals surface area contributed by atoms with Crippen LogP contribution < -0.4 is 10.1 Å². The van der Waals surface area contributed by atoms with Gasteiger partial charge in [0.15, 0.2) is 0 Å². The first-order chi connectivity index (χ1) is 15.5. The van der Waals surface area contributed by atoms with E-state index in [0.717, 1.165) is 26.3 Å². The number of rotatable bonds is 4. The lowest BCUT2D eigenvalue weighted by atomic mass is 10.0. The van der Waals surface area contributed by atoms with E-state index >= 15 is 0 Å².